The summed E-state index contributed by atoms with van der Waals surface area (Å²) >= 11 is 5.33. The Morgan fingerprint density at radius 1 is 1.21 bits per heavy atom. The van der Waals surface area contributed by atoms with Crippen molar-refractivity contribution in [1.82, 2.24) is 9.80 Å². The maximum Gasteiger partial charge on any atom is 0.242 e. The van der Waals surface area contributed by atoms with Crippen molar-refractivity contribution in [2.75, 3.05) is 13.1 Å². The van der Waals surface area contributed by atoms with Crippen LogP contribution in [0.25, 0.3) is 0 Å². The molecule has 2 amide bonds. The van der Waals surface area contributed by atoms with Crippen LogP contribution in [0.2, 0.25) is 0 Å². The van der Waals surface area contributed by atoms with E-state index in [1.807, 2.05) is 18.7 Å². The van der Waals surface area contributed by atoms with Gasteiger partial charge >= 0.3 is 0 Å². The SMILES string of the molecule is CCN(CC)C(=S)N1C(=O)[C@@H]2[C@@H](C1=O)[C@@H]1CC[C@@H]2O1. The van der Waals surface area contributed by atoms with Gasteiger partial charge in [0.05, 0.1) is 24.0 Å². The lowest BCUT2D eigenvalue weighted by molar-refractivity contribution is -0.137. The molecule has 4 atom stereocenters. The second-order valence-electron chi connectivity index (χ2n) is 5.31. The molecule has 0 unspecified atom stereocenters. The zero-order chi connectivity index (χ0) is 13.7. The molecule has 0 aromatic rings. The summed E-state index contributed by atoms with van der Waals surface area (Å²) in [4.78, 5) is 28.0. The quantitative estimate of drug-likeness (QED) is 0.553. The summed E-state index contributed by atoms with van der Waals surface area (Å²) in [5, 5.41) is 0.355. The number of likely N-dealkylation sites (tertiary alicyclic amines) is 1. The van der Waals surface area contributed by atoms with Crippen molar-refractivity contribution < 1.29 is 14.3 Å². The van der Waals surface area contributed by atoms with Crippen LogP contribution >= 0.6 is 12.2 Å². The van der Waals surface area contributed by atoms with E-state index in [0.717, 1.165) is 12.8 Å². The molecule has 0 radical (unpaired) electrons. The molecule has 3 aliphatic rings. The highest BCUT2D eigenvalue weighted by atomic mass is 32.1. The first-order valence-electron chi connectivity index (χ1n) is 6.92. The first-order valence-corrected chi connectivity index (χ1v) is 7.33. The average Bonchev–Trinajstić information content (AvgIpc) is 3.05. The molecule has 3 saturated heterocycles. The van der Waals surface area contributed by atoms with Gasteiger partial charge in [-0.2, -0.15) is 0 Å². The Morgan fingerprint density at radius 3 is 2.11 bits per heavy atom. The number of imide groups is 1. The van der Waals surface area contributed by atoms with Gasteiger partial charge in [0.15, 0.2) is 5.11 Å². The number of amides is 2. The molecule has 3 rings (SSSR count). The smallest absolute Gasteiger partial charge is 0.242 e. The van der Waals surface area contributed by atoms with E-state index in [2.05, 4.69) is 0 Å². The van der Waals surface area contributed by atoms with Crippen LogP contribution in [0.3, 0.4) is 0 Å². The zero-order valence-electron chi connectivity index (χ0n) is 11.2. The predicted octanol–water partition coefficient (Wildman–Crippen LogP) is 0.775. The molecule has 5 nitrogen and oxygen atoms in total. The number of nitrogens with zero attached hydrogens (tertiary/aromatic N) is 2. The van der Waals surface area contributed by atoms with E-state index >= 15 is 0 Å². The Kier molecular flexibility index (Phi) is 3.09. The number of rotatable bonds is 2. The van der Waals surface area contributed by atoms with E-state index in [9.17, 15) is 9.59 Å². The Bertz CT molecular complexity index is 421. The van der Waals surface area contributed by atoms with E-state index in [0.29, 0.717) is 18.2 Å². The van der Waals surface area contributed by atoms with Crippen LogP contribution in [0.1, 0.15) is 26.7 Å². The van der Waals surface area contributed by atoms with Gasteiger partial charge in [0.2, 0.25) is 11.8 Å². The van der Waals surface area contributed by atoms with Crippen LogP contribution in [0.4, 0.5) is 0 Å². The van der Waals surface area contributed by atoms with Crippen LogP contribution in [-0.4, -0.2) is 52.0 Å². The van der Waals surface area contributed by atoms with Gasteiger partial charge in [-0.1, -0.05) is 0 Å². The zero-order valence-corrected chi connectivity index (χ0v) is 12.0. The van der Waals surface area contributed by atoms with E-state index in [4.69, 9.17) is 17.0 Å². The summed E-state index contributed by atoms with van der Waals surface area (Å²) in [6.07, 6.45) is 1.62. The second kappa shape index (κ2) is 4.52. The maximum absolute atomic E-state index is 12.5. The third-order valence-electron chi connectivity index (χ3n) is 4.51. The third-order valence-corrected chi connectivity index (χ3v) is 4.95. The molecule has 0 N–H and O–H groups in total. The summed E-state index contributed by atoms with van der Waals surface area (Å²) < 4.78 is 5.70. The molecule has 2 bridgehead atoms. The molecular weight excluding hydrogens is 264 g/mol. The van der Waals surface area contributed by atoms with Crippen molar-refractivity contribution >= 4 is 29.1 Å². The lowest BCUT2D eigenvalue weighted by Gasteiger charge is -2.27. The minimum absolute atomic E-state index is 0.0732. The van der Waals surface area contributed by atoms with Gasteiger partial charge in [-0.05, 0) is 38.9 Å². The molecule has 0 aliphatic carbocycles. The molecular formula is C13H18N2O3S. The van der Waals surface area contributed by atoms with E-state index in [-0.39, 0.29) is 35.9 Å². The van der Waals surface area contributed by atoms with Crippen molar-refractivity contribution in [3.05, 3.63) is 0 Å². The van der Waals surface area contributed by atoms with Crippen LogP contribution in [0, 0.1) is 11.8 Å². The van der Waals surface area contributed by atoms with E-state index in [1.54, 1.807) is 0 Å². The van der Waals surface area contributed by atoms with E-state index < -0.39 is 0 Å². The minimum atomic E-state index is -0.292. The number of carbonyl (C=O) groups excluding carboxylic acids is 2. The van der Waals surface area contributed by atoms with Gasteiger partial charge in [0, 0.05) is 13.1 Å². The lowest BCUT2D eigenvalue weighted by Crippen LogP contribution is -2.47. The number of hydrogen-bond donors (Lipinski definition) is 0. The predicted molar refractivity (Wildman–Crippen MR) is 72.2 cm³/mol. The summed E-state index contributed by atoms with van der Waals surface area (Å²) in [6, 6.07) is 0. The van der Waals surface area contributed by atoms with Gasteiger partial charge < -0.3 is 9.64 Å². The number of ether oxygens (including phenoxy) is 1. The highest BCUT2D eigenvalue weighted by Gasteiger charge is 2.63. The Hall–Kier alpha value is -1.01. The second-order valence-corrected chi connectivity index (χ2v) is 5.67. The average molecular weight is 282 g/mol. The van der Waals surface area contributed by atoms with Crippen LogP contribution in [-0.2, 0) is 14.3 Å². The summed E-state index contributed by atoms with van der Waals surface area (Å²) in [5.41, 5.74) is 0. The summed E-state index contributed by atoms with van der Waals surface area (Å²) in [7, 11) is 0. The normalized spacial score (nSPS) is 36.0. The number of hydrogen-bond acceptors (Lipinski definition) is 4. The highest BCUT2D eigenvalue weighted by molar-refractivity contribution is 7.80. The van der Waals surface area contributed by atoms with Crippen LogP contribution in [0.5, 0.6) is 0 Å². The standard InChI is InChI=1S/C13H18N2O3S/c1-3-14(4-2)13(19)15-11(16)9-7-5-6-8(18-7)10(9)12(15)17/h7-10H,3-6H2,1-2H3/t7-,8-,9-,10-/m0/s1. The fraction of sp³-hybridized carbons (Fsp3) is 0.769. The Labute approximate surface area is 117 Å². The number of carbonyl (C=O) groups is 2. The number of fused-ring (bicyclic) bond motifs is 5. The van der Waals surface area contributed by atoms with Gasteiger partial charge in [-0.25, -0.2) is 4.90 Å². The third kappa shape index (κ3) is 1.66. The van der Waals surface area contributed by atoms with Crippen molar-refractivity contribution in [2.24, 2.45) is 11.8 Å². The minimum Gasteiger partial charge on any atom is -0.373 e. The van der Waals surface area contributed by atoms with Gasteiger partial charge in [-0.15, -0.1) is 0 Å². The molecule has 19 heavy (non-hydrogen) atoms. The fourth-order valence-electron chi connectivity index (χ4n) is 3.54. The first kappa shape index (κ1) is 13.0. The molecule has 3 fully saturated rings. The van der Waals surface area contributed by atoms with Crippen molar-refractivity contribution in [2.45, 2.75) is 38.9 Å². The molecule has 0 aromatic heterocycles. The van der Waals surface area contributed by atoms with Crippen molar-refractivity contribution in [1.29, 1.82) is 0 Å². The summed E-state index contributed by atoms with van der Waals surface area (Å²) in [5.74, 6) is -0.891. The molecule has 6 heteroatoms. The van der Waals surface area contributed by atoms with Crippen molar-refractivity contribution in [3.63, 3.8) is 0 Å². The molecule has 3 heterocycles. The molecule has 0 saturated carbocycles. The first-order chi connectivity index (χ1) is 9.10. The lowest BCUT2D eigenvalue weighted by atomic mass is 9.81. The molecule has 0 spiro atoms. The summed E-state index contributed by atoms with van der Waals surface area (Å²) in [6.45, 7) is 5.33. The van der Waals surface area contributed by atoms with Gasteiger partial charge in [-0.3, -0.25) is 9.59 Å². The van der Waals surface area contributed by atoms with Crippen molar-refractivity contribution in [3.8, 4) is 0 Å². The largest absolute Gasteiger partial charge is 0.373 e. The maximum atomic E-state index is 12.5. The monoisotopic (exact) mass is 282 g/mol. The van der Waals surface area contributed by atoms with Gasteiger partial charge in [0.1, 0.15) is 0 Å². The Balaban J connectivity index is 1.87. The topological polar surface area (TPSA) is 49.9 Å². The fourth-order valence-corrected chi connectivity index (χ4v) is 3.97. The van der Waals surface area contributed by atoms with Gasteiger partial charge in [0.25, 0.3) is 0 Å². The van der Waals surface area contributed by atoms with Crippen LogP contribution < -0.4 is 0 Å². The molecule has 3 aliphatic heterocycles. The molecule has 0 aromatic carbocycles. The molecule has 104 valence electrons. The highest BCUT2D eigenvalue weighted by Crippen LogP contribution is 2.48. The Morgan fingerprint density at radius 2 is 1.68 bits per heavy atom. The number of thiocarbonyl (C=S) groups is 1. The van der Waals surface area contributed by atoms with E-state index in [1.165, 1.54) is 4.90 Å². The van der Waals surface area contributed by atoms with Crippen LogP contribution in [0.15, 0.2) is 0 Å².